The van der Waals surface area contributed by atoms with Crippen molar-refractivity contribution in [2.75, 3.05) is 6.54 Å². The van der Waals surface area contributed by atoms with Gasteiger partial charge in [-0.1, -0.05) is 0 Å². The molecular weight excluding hydrogens is 204 g/mol. The molecule has 0 radical (unpaired) electrons. The van der Waals surface area contributed by atoms with E-state index < -0.39 is 15.9 Å². The van der Waals surface area contributed by atoms with E-state index in [4.69, 9.17) is 0 Å². The van der Waals surface area contributed by atoms with Crippen LogP contribution in [0, 0.1) is 0 Å². The lowest BCUT2D eigenvalue weighted by Gasteiger charge is -2.10. The molecule has 2 aliphatic rings. The lowest BCUT2D eigenvalue weighted by atomic mass is 10.2. The van der Waals surface area contributed by atoms with Crippen molar-refractivity contribution in [1.82, 2.24) is 10.0 Å². The summed E-state index contributed by atoms with van der Waals surface area (Å²) in [6.45, 7) is 0.793. The molecule has 5 nitrogen and oxygen atoms in total. The highest BCUT2D eigenvalue weighted by Gasteiger charge is 2.38. The summed E-state index contributed by atoms with van der Waals surface area (Å²) in [7, 11) is -3.36. The molecule has 80 valence electrons. The zero-order valence-corrected chi connectivity index (χ0v) is 8.64. The predicted octanol–water partition coefficient (Wildman–Crippen LogP) is -0.653. The second kappa shape index (κ2) is 3.51. The maximum atomic E-state index is 11.4. The molecule has 2 fully saturated rings. The number of carbonyl (C=O) groups is 1. The quantitative estimate of drug-likeness (QED) is 0.660. The molecule has 0 bridgehead atoms. The molecule has 1 aliphatic carbocycles. The van der Waals surface area contributed by atoms with Gasteiger partial charge in [0.2, 0.25) is 10.0 Å². The number of carbonyl (C=O) groups excluding carboxylic acids is 1. The molecule has 1 heterocycles. The van der Waals surface area contributed by atoms with Crippen LogP contribution in [-0.4, -0.2) is 32.2 Å². The minimum absolute atomic E-state index is 0.316. The van der Waals surface area contributed by atoms with Gasteiger partial charge >= 0.3 is 0 Å². The molecule has 1 saturated carbocycles. The third-order valence-corrected chi connectivity index (χ3v) is 4.42. The number of hydrogen-bond donors (Lipinski definition) is 2. The molecule has 2 N–H and O–H groups in total. The lowest BCUT2D eigenvalue weighted by Crippen LogP contribution is -2.44. The normalized spacial score (nSPS) is 27.6. The summed E-state index contributed by atoms with van der Waals surface area (Å²) in [5, 5.41) is 2.64. The van der Waals surface area contributed by atoms with Gasteiger partial charge in [-0.05, 0) is 32.2 Å². The van der Waals surface area contributed by atoms with Gasteiger partial charge in [-0.25, -0.2) is 8.42 Å². The van der Waals surface area contributed by atoms with E-state index in [1.807, 2.05) is 0 Å². The van der Waals surface area contributed by atoms with E-state index in [1.54, 1.807) is 0 Å². The predicted molar refractivity (Wildman–Crippen MR) is 51.1 cm³/mol. The van der Waals surface area contributed by atoms with E-state index in [0.29, 0.717) is 12.8 Å². The second-order valence-electron chi connectivity index (χ2n) is 3.86. The van der Waals surface area contributed by atoms with Crippen LogP contribution in [0.1, 0.15) is 25.7 Å². The first-order valence-electron chi connectivity index (χ1n) is 4.88. The Morgan fingerprint density at radius 2 is 2.00 bits per heavy atom. The summed E-state index contributed by atoms with van der Waals surface area (Å²) in [4.78, 5) is 11.4. The molecule has 1 atom stereocenters. The molecule has 2 rings (SSSR count). The third-order valence-electron chi connectivity index (χ3n) is 2.58. The van der Waals surface area contributed by atoms with Crippen molar-refractivity contribution in [2.24, 2.45) is 0 Å². The molecule has 1 amide bonds. The number of amides is 1. The van der Waals surface area contributed by atoms with Gasteiger partial charge in [0.05, 0.1) is 11.3 Å². The molecule has 1 aliphatic heterocycles. The highest BCUT2D eigenvalue weighted by Crippen LogP contribution is 2.27. The SMILES string of the molecule is O=C(NS(=O)(=O)C1CC1)[C@H]1CCCN1. The molecule has 0 aromatic carbocycles. The van der Waals surface area contributed by atoms with E-state index in [-0.39, 0.29) is 11.3 Å². The summed E-state index contributed by atoms with van der Waals surface area (Å²) in [5.41, 5.74) is 0. The topological polar surface area (TPSA) is 75.3 Å². The van der Waals surface area contributed by atoms with Gasteiger partial charge in [0.15, 0.2) is 0 Å². The van der Waals surface area contributed by atoms with Crippen LogP contribution in [-0.2, 0) is 14.8 Å². The summed E-state index contributed by atoms with van der Waals surface area (Å²) in [6.07, 6.45) is 3.02. The van der Waals surface area contributed by atoms with E-state index in [9.17, 15) is 13.2 Å². The van der Waals surface area contributed by atoms with Crippen molar-refractivity contribution in [3.8, 4) is 0 Å². The smallest absolute Gasteiger partial charge is 0.250 e. The largest absolute Gasteiger partial charge is 0.306 e. The van der Waals surface area contributed by atoms with Gasteiger partial charge in [-0.15, -0.1) is 0 Å². The second-order valence-corrected chi connectivity index (χ2v) is 5.82. The average molecular weight is 218 g/mol. The summed E-state index contributed by atoms with van der Waals surface area (Å²) < 4.78 is 24.9. The summed E-state index contributed by atoms with van der Waals surface area (Å²) in [6, 6.07) is -0.316. The van der Waals surface area contributed by atoms with Crippen LogP contribution in [0.3, 0.4) is 0 Å². The van der Waals surface area contributed by atoms with Gasteiger partial charge < -0.3 is 5.32 Å². The Balaban J connectivity index is 1.93. The van der Waals surface area contributed by atoms with Crippen LogP contribution in [0.25, 0.3) is 0 Å². The van der Waals surface area contributed by atoms with Crippen LogP contribution < -0.4 is 10.0 Å². The standard InChI is InChI=1S/C8H14N2O3S/c11-8(7-2-1-5-9-7)10-14(12,13)6-3-4-6/h6-7,9H,1-5H2,(H,10,11)/t7-/m1/s1. The summed E-state index contributed by atoms with van der Waals surface area (Å²) >= 11 is 0. The first-order chi connectivity index (χ1) is 6.59. The Hall–Kier alpha value is -0.620. The monoisotopic (exact) mass is 218 g/mol. The molecular formula is C8H14N2O3S. The van der Waals surface area contributed by atoms with Crippen LogP contribution in [0.5, 0.6) is 0 Å². The number of hydrogen-bond acceptors (Lipinski definition) is 4. The highest BCUT2D eigenvalue weighted by atomic mass is 32.2. The number of nitrogens with one attached hydrogen (secondary N) is 2. The van der Waals surface area contributed by atoms with Crippen molar-refractivity contribution < 1.29 is 13.2 Å². The van der Waals surface area contributed by atoms with Crippen molar-refractivity contribution in [3.05, 3.63) is 0 Å². The van der Waals surface area contributed by atoms with E-state index in [1.165, 1.54) is 0 Å². The Bertz CT molecular complexity index is 328. The third kappa shape index (κ3) is 2.06. The van der Waals surface area contributed by atoms with Crippen LogP contribution in [0.15, 0.2) is 0 Å². The Morgan fingerprint density at radius 1 is 1.29 bits per heavy atom. The Kier molecular flexibility index (Phi) is 2.48. The average Bonchev–Trinajstić information content (AvgIpc) is 2.82. The minimum Gasteiger partial charge on any atom is -0.306 e. The lowest BCUT2D eigenvalue weighted by molar-refractivity contribution is -0.121. The first-order valence-corrected chi connectivity index (χ1v) is 6.43. The maximum Gasteiger partial charge on any atom is 0.250 e. The van der Waals surface area contributed by atoms with Crippen molar-refractivity contribution >= 4 is 15.9 Å². The molecule has 6 heteroatoms. The van der Waals surface area contributed by atoms with E-state index in [0.717, 1.165) is 19.4 Å². The minimum atomic E-state index is -3.36. The zero-order chi connectivity index (χ0) is 10.2. The van der Waals surface area contributed by atoms with Gasteiger partial charge in [0.25, 0.3) is 5.91 Å². The van der Waals surface area contributed by atoms with Gasteiger partial charge in [-0.3, -0.25) is 9.52 Å². The Morgan fingerprint density at radius 3 is 2.50 bits per heavy atom. The summed E-state index contributed by atoms with van der Waals surface area (Å²) in [5.74, 6) is -0.394. The van der Waals surface area contributed by atoms with Crippen LogP contribution >= 0.6 is 0 Å². The number of rotatable bonds is 3. The van der Waals surface area contributed by atoms with Crippen molar-refractivity contribution in [3.63, 3.8) is 0 Å². The van der Waals surface area contributed by atoms with Crippen LogP contribution in [0.2, 0.25) is 0 Å². The van der Waals surface area contributed by atoms with Gasteiger partial charge in [0, 0.05) is 0 Å². The van der Waals surface area contributed by atoms with E-state index >= 15 is 0 Å². The molecule has 0 aromatic rings. The first kappa shape index (κ1) is 9.92. The highest BCUT2D eigenvalue weighted by molar-refractivity contribution is 7.90. The van der Waals surface area contributed by atoms with Crippen molar-refractivity contribution in [2.45, 2.75) is 37.0 Å². The fraction of sp³-hybridized carbons (Fsp3) is 0.875. The fourth-order valence-electron chi connectivity index (χ4n) is 1.58. The van der Waals surface area contributed by atoms with Gasteiger partial charge in [-0.2, -0.15) is 0 Å². The molecule has 0 aromatic heterocycles. The van der Waals surface area contributed by atoms with Gasteiger partial charge in [0.1, 0.15) is 0 Å². The van der Waals surface area contributed by atoms with E-state index in [2.05, 4.69) is 10.0 Å². The molecule has 14 heavy (non-hydrogen) atoms. The Labute approximate surface area is 83.3 Å². The molecule has 0 spiro atoms. The fourth-order valence-corrected chi connectivity index (χ4v) is 2.93. The molecule has 0 unspecified atom stereocenters. The van der Waals surface area contributed by atoms with Crippen LogP contribution in [0.4, 0.5) is 0 Å². The maximum absolute atomic E-state index is 11.4. The zero-order valence-electron chi connectivity index (χ0n) is 7.82. The van der Waals surface area contributed by atoms with Crippen molar-refractivity contribution in [1.29, 1.82) is 0 Å². The molecule has 1 saturated heterocycles. The number of sulfonamides is 1.